The number of nitrogens with one attached hydrogen (secondary N) is 1. The highest BCUT2D eigenvalue weighted by Gasteiger charge is 2.26. The summed E-state index contributed by atoms with van der Waals surface area (Å²) >= 11 is 1.79. The number of nitrogens with two attached hydrogens (primary N) is 1. The van der Waals surface area contributed by atoms with E-state index in [1.54, 1.807) is 11.3 Å². The Kier molecular flexibility index (Phi) is 9.41. The number of nitrogens with zero attached hydrogens (tertiary/aromatic N) is 2. The molecule has 2 rings (SSSR count). The van der Waals surface area contributed by atoms with Gasteiger partial charge in [0.05, 0.1) is 18.8 Å². The van der Waals surface area contributed by atoms with E-state index in [0.717, 1.165) is 32.8 Å². The first-order valence-electron chi connectivity index (χ1n) is 7.99. The van der Waals surface area contributed by atoms with Crippen molar-refractivity contribution < 1.29 is 4.74 Å². The summed E-state index contributed by atoms with van der Waals surface area (Å²) in [5.74, 6) is 1.06. The van der Waals surface area contributed by atoms with Gasteiger partial charge in [-0.05, 0) is 24.3 Å². The van der Waals surface area contributed by atoms with Crippen molar-refractivity contribution in [3.63, 3.8) is 0 Å². The van der Waals surface area contributed by atoms with E-state index < -0.39 is 0 Å². The summed E-state index contributed by atoms with van der Waals surface area (Å²) in [5.41, 5.74) is 5.98. The van der Waals surface area contributed by atoms with Crippen LogP contribution in [-0.2, 0) is 4.74 Å². The van der Waals surface area contributed by atoms with Crippen LogP contribution in [0.5, 0.6) is 0 Å². The van der Waals surface area contributed by atoms with Gasteiger partial charge in [0.1, 0.15) is 0 Å². The number of aliphatic imine (C=N–C) groups is 1. The van der Waals surface area contributed by atoms with Crippen molar-refractivity contribution in [3.8, 4) is 0 Å². The van der Waals surface area contributed by atoms with E-state index >= 15 is 0 Å². The number of rotatable bonds is 6. The fourth-order valence-electron chi connectivity index (χ4n) is 2.56. The SMILES string of the molecule is CC(C)CN=C(N)NCC(c1cccs1)N1CCOC(C)C1.I. The lowest BCUT2D eigenvalue weighted by Gasteiger charge is -2.37. The van der Waals surface area contributed by atoms with Crippen molar-refractivity contribution in [3.05, 3.63) is 22.4 Å². The van der Waals surface area contributed by atoms with Crippen LogP contribution in [0.4, 0.5) is 0 Å². The Morgan fingerprint density at radius 3 is 2.96 bits per heavy atom. The van der Waals surface area contributed by atoms with Crippen LogP contribution in [0, 0.1) is 5.92 Å². The number of guanidine groups is 1. The van der Waals surface area contributed by atoms with Gasteiger partial charge < -0.3 is 15.8 Å². The Morgan fingerprint density at radius 1 is 1.57 bits per heavy atom. The first kappa shape index (κ1) is 20.7. The maximum atomic E-state index is 5.98. The average molecular weight is 452 g/mol. The highest BCUT2D eigenvalue weighted by molar-refractivity contribution is 14.0. The van der Waals surface area contributed by atoms with Crippen molar-refractivity contribution in [1.29, 1.82) is 0 Å². The van der Waals surface area contributed by atoms with E-state index in [9.17, 15) is 0 Å². The van der Waals surface area contributed by atoms with E-state index in [2.05, 4.69) is 53.5 Å². The normalized spacial score (nSPS) is 21.0. The molecule has 2 unspecified atom stereocenters. The van der Waals surface area contributed by atoms with Crippen LogP contribution in [-0.4, -0.2) is 49.7 Å². The van der Waals surface area contributed by atoms with Gasteiger partial charge in [0.2, 0.25) is 0 Å². The molecule has 0 spiro atoms. The monoisotopic (exact) mass is 452 g/mol. The molecule has 0 saturated carbocycles. The van der Waals surface area contributed by atoms with Crippen molar-refractivity contribution in [2.75, 3.05) is 32.8 Å². The van der Waals surface area contributed by atoms with Gasteiger partial charge in [-0.15, -0.1) is 35.3 Å². The van der Waals surface area contributed by atoms with Gasteiger partial charge in [-0.2, -0.15) is 0 Å². The minimum atomic E-state index is 0. The van der Waals surface area contributed by atoms with Crippen molar-refractivity contribution in [2.24, 2.45) is 16.6 Å². The Bertz CT molecular complexity index is 467. The molecule has 0 amide bonds. The smallest absolute Gasteiger partial charge is 0.188 e. The van der Waals surface area contributed by atoms with Crippen molar-refractivity contribution in [2.45, 2.75) is 32.9 Å². The van der Waals surface area contributed by atoms with E-state index in [0.29, 0.717) is 17.9 Å². The molecule has 0 aliphatic carbocycles. The zero-order valence-corrected chi connectivity index (χ0v) is 17.3. The molecule has 1 aliphatic heterocycles. The Hall–Kier alpha value is -0.380. The summed E-state index contributed by atoms with van der Waals surface area (Å²) in [6, 6.07) is 4.62. The summed E-state index contributed by atoms with van der Waals surface area (Å²) in [5, 5.41) is 5.42. The van der Waals surface area contributed by atoms with Crippen LogP contribution in [0.3, 0.4) is 0 Å². The molecule has 3 N–H and O–H groups in total. The highest BCUT2D eigenvalue weighted by atomic mass is 127. The predicted octanol–water partition coefficient (Wildman–Crippen LogP) is 2.69. The minimum absolute atomic E-state index is 0. The second kappa shape index (κ2) is 10.5. The van der Waals surface area contributed by atoms with Gasteiger partial charge >= 0.3 is 0 Å². The summed E-state index contributed by atoms with van der Waals surface area (Å²) in [7, 11) is 0. The fourth-order valence-corrected chi connectivity index (χ4v) is 3.42. The van der Waals surface area contributed by atoms with E-state index in [-0.39, 0.29) is 30.1 Å². The Balaban J connectivity index is 0.00000264. The fraction of sp³-hybridized carbons (Fsp3) is 0.688. The molecule has 2 heterocycles. The number of ether oxygens (including phenoxy) is 1. The largest absolute Gasteiger partial charge is 0.376 e. The first-order chi connectivity index (χ1) is 10.6. The van der Waals surface area contributed by atoms with Gasteiger partial charge in [0.25, 0.3) is 0 Å². The minimum Gasteiger partial charge on any atom is -0.376 e. The van der Waals surface area contributed by atoms with Crippen LogP contribution in [0.15, 0.2) is 22.5 Å². The first-order valence-corrected chi connectivity index (χ1v) is 8.87. The lowest BCUT2D eigenvalue weighted by Crippen LogP contribution is -2.47. The molecule has 0 radical (unpaired) electrons. The summed E-state index contributed by atoms with van der Waals surface area (Å²) in [6.07, 6.45) is 0.281. The lowest BCUT2D eigenvalue weighted by atomic mass is 10.1. The zero-order chi connectivity index (χ0) is 15.9. The topological polar surface area (TPSA) is 62.9 Å². The zero-order valence-electron chi connectivity index (χ0n) is 14.2. The average Bonchev–Trinajstić information content (AvgIpc) is 2.99. The Labute approximate surface area is 160 Å². The third-order valence-electron chi connectivity index (χ3n) is 3.69. The molecule has 7 heteroatoms. The molecule has 0 aromatic carbocycles. The molecule has 1 saturated heterocycles. The number of hydrogen-bond acceptors (Lipinski definition) is 4. The molecular formula is C16H29IN4OS. The van der Waals surface area contributed by atoms with Gasteiger partial charge in [-0.3, -0.25) is 9.89 Å². The lowest BCUT2D eigenvalue weighted by molar-refractivity contribution is -0.0333. The predicted molar refractivity (Wildman–Crippen MR) is 109 cm³/mol. The molecule has 1 aliphatic rings. The van der Waals surface area contributed by atoms with Crippen molar-refractivity contribution >= 4 is 41.3 Å². The summed E-state index contributed by atoms with van der Waals surface area (Å²) in [4.78, 5) is 8.21. The standard InChI is InChI=1S/C16H28N4OS.HI/c1-12(2)9-18-16(17)19-10-14(15-5-4-8-22-15)20-6-7-21-13(3)11-20;/h4-5,8,12-14H,6-7,9-11H2,1-3H3,(H3,17,18,19);1H. The second-order valence-electron chi connectivity index (χ2n) is 6.21. The molecular weight excluding hydrogens is 423 g/mol. The quantitative estimate of drug-likeness (QED) is 0.396. The highest BCUT2D eigenvalue weighted by Crippen LogP contribution is 2.26. The maximum Gasteiger partial charge on any atom is 0.188 e. The van der Waals surface area contributed by atoms with E-state index in [1.807, 2.05) is 0 Å². The third kappa shape index (κ3) is 6.94. The molecule has 2 atom stereocenters. The van der Waals surface area contributed by atoms with Gasteiger partial charge in [0, 0.05) is 31.1 Å². The van der Waals surface area contributed by atoms with Gasteiger partial charge in [0.15, 0.2) is 5.96 Å². The van der Waals surface area contributed by atoms with Crippen LogP contribution >= 0.6 is 35.3 Å². The van der Waals surface area contributed by atoms with Crippen LogP contribution in [0.25, 0.3) is 0 Å². The van der Waals surface area contributed by atoms with Crippen LogP contribution < -0.4 is 11.1 Å². The van der Waals surface area contributed by atoms with E-state index in [1.165, 1.54) is 4.88 Å². The van der Waals surface area contributed by atoms with Gasteiger partial charge in [-0.1, -0.05) is 19.9 Å². The molecule has 1 aromatic rings. The number of hydrogen-bond donors (Lipinski definition) is 2. The van der Waals surface area contributed by atoms with E-state index in [4.69, 9.17) is 10.5 Å². The molecule has 132 valence electrons. The maximum absolute atomic E-state index is 5.98. The summed E-state index contributed by atoms with van der Waals surface area (Å²) < 4.78 is 5.66. The molecule has 1 fully saturated rings. The number of thiophene rings is 1. The van der Waals surface area contributed by atoms with Gasteiger partial charge in [-0.25, -0.2) is 0 Å². The third-order valence-corrected chi connectivity index (χ3v) is 4.66. The second-order valence-corrected chi connectivity index (χ2v) is 7.19. The molecule has 23 heavy (non-hydrogen) atoms. The molecule has 0 bridgehead atoms. The molecule has 5 nitrogen and oxygen atoms in total. The Morgan fingerprint density at radius 2 is 2.35 bits per heavy atom. The number of halogens is 1. The molecule has 1 aromatic heterocycles. The number of morpholine rings is 1. The van der Waals surface area contributed by atoms with Crippen LogP contribution in [0.1, 0.15) is 31.7 Å². The summed E-state index contributed by atoms with van der Waals surface area (Å²) in [6.45, 7) is 10.6. The van der Waals surface area contributed by atoms with Crippen LogP contribution in [0.2, 0.25) is 0 Å². The van der Waals surface area contributed by atoms with Crippen molar-refractivity contribution in [1.82, 2.24) is 10.2 Å².